The fourth-order valence-electron chi connectivity index (χ4n) is 2.81. The Morgan fingerprint density at radius 3 is 2.18 bits per heavy atom. The van der Waals surface area contributed by atoms with Crippen LogP contribution in [0.2, 0.25) is 5.02 Å². The molecule has 38 heavy (non-hydrogen) atoms. The van der Waals surface area contributed by atoms with Crippen molar-refractivity contribution in [3.8, 4) is 17.9 Å². The van der Waals surface area contributed by atoms with Crippen LogP contribution in [-0.4, -0.2) is 50.3 Å². The summed E-state index contributed by atoms with van der Waals surface area (Å²) in [5, 5.41) is 35.4. The van der Waals surface area contributed by atoms with E-state index in [1.165, 1.54) is 30.7 Å². The summed E-state index contributed by atoms with van der Waals surface area (Å²) in [6.07, 6.45) is 3.88. The largest absolute Gasteiger partial charge is 0.478 e. The number of aromatic carboxylic acids is 2. The minimum atomic E-state index is -1.25. The number of nitriles is 2. The van der Waals surface area contributed by atoms with Crippen LogP contribution in [0.5, 0.6) is 5.75 Å². The van der Waals surface area contributed by atoms with Crippen molar-refractivity contribution in [2.45, 2.75) is 25.9 Å². The highest BCUT2D eigenvalue weighted by atomic mass is 35.5. The number of carbonyl (C=O) groups is 3. The maximum atomic E-state index is 12.3. The molecule has 3 rings (SSSR count). The molecule has 0 saturated carbocycles. The van der Waals surface area contributed by atoms with Crippen LogP contribution in [0, 0.1) is 22.7 Å². The molecular weight excluding hydrogens is 516 g/mol. The maximum Gasteiger partial charge on any atom is 0.349 e. The highest BCUT2D eigenvalue weighted by Gasteiger charge is 2.32. The molecular formula is C26H21ClN4O7. The first kappa shape index (κ1) is 29.2. The number of carbonyl (C=O) groups excluding carboxylic acids is 1. The number of benzene rings is 1. The average molecular weight is 537 g/mol. The number of hydrogen-bond acceptors (Lipinski definition) is 9. The second-order valence-electron chi connectivity index (χ2n) is 7.97. The lowest BCUT2D eigenvalue weighted by molar-refractivity contribution is -0.159. The summed E-state index contributed by atoms with van der Waals surface area (Å²) < 4.78 is 10.8. The smallest absolute Gasteiger partial charge is 0.349 e. The lowest BCUT2D eigenvalue weighted by Crippen LogP contribution is -2.40. The van der Waals surface area contributed by atoms with Crippen molar-refractivity contribution >= 4 is 29.5 Å². The number of halogens is 1. The third-order valence-corrected chi connectivity index (χ3v) is 4.95. The van der Waals surface area contributed by atoms with E-state index < -0.39 is 23.5 Å². The first-order chi connectivity index (χ1) is 18.0. The van der Waals surface area contributed by atoms with Gasteiger partial charge in [-0.2, -0.15) is 10.5 Å². The summed E-state index contributed by atoms with van der Waals surface area (Å²) in [6, 6.07) is 12.7. The first-order valence-electron chi connectivity index (χ1n) is 10.8. The highest BCUT2D eigenvalue weighted by molar-refractivity contribution is 6.30. The second kappa shape index (κ2) is 13.3. The minimum Gasteiger partial charge on any atom is -0.478 e. The number of carboxylic acid groups (broad SMARTS) is 2. The Balaban J connectivity index is 0.000000384. The van der Waals surface area contributed by atoms with Crippen molar-refractivity contribution in [1.29, 1.82) is 10.5 Å². The van der Waals surface area contributed by atoms with Gasteiger partial charge in [0.2, 0.25) is 0 Å². The van der Waals surface area contributed by atoms with Crippen molar-refractivity contribution in [2.75, 3.05) is 6.61 Å². The molecule has 194 valence electrons. The Bertz CT molecular complexity index is 1410. The van der Waals surface area contributed by atoms with Gasteiger partial charge in [0, 0.05) is 30.0 Å². The third-order valence-electron chi connectivity index (χ3n) is 4.69. The van der Waals surface area contributed by atoms with Gasteiger partial charge in [-0.3, -0.25) is 9.97 Å². The average Bonchev–Trinajstić information content (AvgIpc) is 2.90. The van der Waals surface area contributed by atoms with Crippen LogP contribution in [0.4, 0.5) is 0 Å². The monoisotopic (exact) mass is 536 g/mol. The van der Waals surface area contributed by atoms with Gasteiger partial charge >= 0.3 is 17.9 Å². The Morgan fingerprint density at radius 2 is 1.61 bits per heavy atom. The van der Waals surface area contributed by atoms with Gasteiger partial charge in [0.15, 0.2) is 5.60 Å². The summed E-state index contributed by atoms with van der Waals surface area (Å²) in [6.45, 7) is 3.05. The number of ether oxygens (including phenoxy) is 2. The fraction of sp³-hybridized carbons (Fsp3) is 0.192. The predicted molar refractivity (Wildman–Crippen MR) is 133 cm³/mol. The van der Waals surface area contributed by atoms with Gasteiger partial charge in [-0.05, 0) is 50.2 Å². The molecule has 1 aromatic carbocycles. The van der Waals surface area contributed by atoms with Gasteiger partial charge in [-0.1, -0.05) is 11.6 Å². The number of rotatable bonds is 8. The van der Waals surface area contributed by atoms with E-state index in [0.717, 1.165) is 0 Å². The molecule has 0 radical (unpaired) electrons. The quantitative estimate of drug-likeness (QED) is 0.398. The molecule has 2 heterocycles. The van der Waals surface area contributed by atoms with Gasteiger partial charge in [0.05, 0.1) is 34.6 Å². The summed E-state index contributed by atoms with van der Waals surface area (Å²) in [5.74, 6) is -2.42. The van der Waals surface area contributed by atoms with E-state index in [0.29, 0.717) is 10.8 Å². The molecule has 0 aliphatic carbocycles. The molecule has 0 spiro atoms. The van der Waals surface area contributed by atoms with Gasteiger partial charge in [0.1, 0.15) is 17.9 Å². The molecule has 3 aromatic rings. The molecule has 0 amide bonds. The van der Waals surface area contributed by atoms with E-state index in [1.54, 1.807) is 44.2 Å². The minimum absolute atomic E-state index is 0.0315. The van der Waals surface area contributed by atoms with Crippen molar-refractivity contribution in [3.05, 3.63) is 88.0 Å². The number of pyridine rings is 2. The Labute approximate surface area is 222 Å². The zero-order chi connectivity index (χ0) is 28.3. The highest BCUT2D eigenvalue weighted by Crippen LogP contribution is 2.22. The molecule has 0 bridgehead atoms. The second-order valence-corrected chi connectivity index (χ2v) is 8.40. The van der Waals surface area contributed by atoms with Crippen LogP contribution in [0.1, 0.15) is 51.4 Å². The number of carboxylic acids is 2. The van der Waals surface area contributed by atoms with Crippen LogP contribution in [-0.2, 0) is 16.0 Å². The summed E-state index contributed by atoms with van der Waals surface area (Å²) in [5.41, 5.74) is -0.686. The van der Waals surface area contributed by atoms with Gasteiger partial charge in [-0.15, -0.1) is 0 Å². The lowest BCUT2D eigenvalue weighted by atomic mass is 10.1. The summed E-state index contributed by atoms with van der Waals surface area (Å²) in [4.78, 5) is 41.4. The van der Waals surface area contributed by atoms with Crippen molar-refractivity contribution in [2.24, 2.45) is 0 Å². The predicted octanol–water partition coefficient (Wildman–Crippen LogP) is 3.90. The fourth-order valence-corrected chi connectivity index (χ4v) is 2.94. The van der Waals surface area contributed by atoms with Crippen molar-refractivity contribution in [3.63, 3.8) is 0 Å². The van der Waals surface area contributed by atoms with Gasteiger partial charge in [-0.25, -0.2) is 14.4 Å². The van der Waals surface area contributed by atoms with Crippen molar-refractivity contribution < 1.29 is 34.1 Å². The zero-order valence-electron chi connectivity index (χ0n) is 20.2. The first-order valence-corrected chi connectivity index (χ1v) is 11.2. The molecule has 0 aliphatic heterocycles. The molecule has 0 aliphatic rings. The van der Waals surface area contributed by atoms with E-state index in [-0.39, 0.29) is 41.0 Å². The number of hydrogen-bond donors (Lipinski definition) is 2. The molecule has 2 aromatic heterocycles. The summed E-state index contributed by atoms with van der Waals surface area (Å²) in [7, 11) is 0. The van der Waals surface area contributed by atoms with Gasteiger partial charge < -0.3 is 19.7 Å². The van der Waals surface area contributed by atoms with Crippen LogP contribution >= 0.6 is 11.6 Å². The van der Waals surface area contributed by atoms with Crippen molar-refractivity contribution in [1.82, 2.24) is 9.97 Å². The van der Waals surface area contributed by atoms with E-state index >= 15 is 0 Å². The maximum absolute atomic E-state index is 12.3. The van der Waals surface area contributed by atoms with E-state index in [2.05, 4.69) is 9.97 Å². The standard InChI is InChI=1S/C19H17ClN2O5.C7H4N2O2/c1-19(2,27-14-5-3-13(20)4-6-14)18(25)26-8-7-16-15(17(23)24)9-12(10-21)11-22-16;8-2-5-1-6(7(10)11)4-9-3-5/h3-6,9,11H,7-8H2,1-2H3,(H,23,24);1,3-4H,(H,10,11). The van der Waals surface area contributed by atoms with E-state index in [1.807, 2.05) is 6.07 Å². The zero-order valence-corrected chi connectivity index (χ0v) is 21.0. The Kier molecular flexibility index (Phi) is 10.3. The number of esters is 1. The van der Waals surface area contributed by atoms with Crippen LogP contribution in [0.25, 0.3) is 0 Å². The van der Waals surface area contributed by atoms with E-state index in [4.69, 9.17) is 36.7 Å². The van der Waals surface area contributed by atoms with E-state index in [9.17, 15) is 19.5 Å². The molecule has 0 saturated heterocycles. The molecule has 0 fully saturated rings. The molecule has 0 unspecified atom stereocenters. The van der Waals surface area contributed by atoms with Crippen LogP contribution < -0.4 is 4.74 Å². The molecule has 11 nitrogen and oxygen atoms in total. The third kappa shape index (κ3) is 8.59. The molecule has 12 heteroatoms. The SMILES string of the molecule is CC(C)(Oc1ccc(Cl)cc1)C(=O)OCCc1ncc(C#N)cc1C(=O)O.N#Cc1cncc(C(=O)O)c1. The molecule has 0 atom stereocenters. The Hall–Kier alpha value is -5.00. The van der Waals surface area contributed by atoms with Crippen LogP contribution in [0.15, 0.2) is 55.0 Å². The number of nitrogens with zero attached hydrogens (tertiary/aromatic N) is 4. The van der Waals surface area contributed by atoms with Crippen LogP contribution in [0.3, 0.4) is 0 Å². The number of aromatic nitrogens is 2. The van der Waals surface area contributed by atoms with Gasteiger partial charge in [0.25, 0.3) is 0 Å². The topological polar surface area (TPSA) is 183 Å². The Morgan fingerprint density at radius 1 is 0.974 bits per heavy atom. The lowest BCUT2D eigenvalue weighted by Gasteiger charge is -2.24. The normalized spacial score (nSPS) is 10.1. The summed E-state index contributed by atoms with van der Waals surface area (Å²) >= 11 is 5.81. The molecule has 2 N–H and O–H groups in total.